The van der Waals surface area contributed by atoms with E-state index in [-0.39, 0.29) is 18.6 Å². The number of aliphatic carboxylic acids is 1. The van der Waals surface area contributed by atoms with Gasteiger partial charge in [-0.1, -0.05) is 19.1 Å². The number of carbonyl (C=O) groups is 2. The number of benzene rings is 1. The van der Waals surface area contributed by atoms with E-state index in [0.29, 0.717) is 17.4 Å². The van der Waals surface area contributed by atoms with Crippen LogP contribution in [-0.4, -0.2) is 35.8 Å². The topological polar surface area (TPSA) is 78.9 Å². The van der Waals surface area contributed by atoms with E-state index in [4.69, 9.17) is 9.84 Å². The predicted molar refractivity (Wildman–Crippen MR) is 76.6 cm³/mol. The number of carbonyl (C=O) groups excluding carboxylic acids is 1. The number of rotatable bonds is 2. The molecule has 1 aliphatic heterocycles. The fourth-order valence-electron chi connectivity index (χ4n) is 2.83. The number of nitrogens with zero attached hydrogens (tertiary/aromatic N) is 1. The molecule has 1 aromatic rings. The number of nitrogens with one attached hydrogen (secondary N) is 1. The number of amides is 2. The SMILES string of the molecule is CC1CC(NC(=O)N2CC(C(=O)O)Oc3ccccc32)C1. The average Bonchev–Trinajstić information content (AvgIpc) is 2.44. The Morgan fingerprint density at radius 3 is 2.71 bits per heavy atom. The van der Waals surface area contributed by atoms with Gasteiger partial charge in [-0.25, -0.2) is 9.59 Å². The standard InChI is InChI=1S/C15H18N2O4/c1-9-6-10(7-9)16-15(20)17-8-13(14(18)19)21-12-5-3-2-4-11(12)17/h2-5,9-10,13H,6-8H2,1H3,(H,16,20)(H,18,19). The molecule has 0 radical (unpaired) electrons. The molecule has 1 aromatic carbocycles. The van der Waals surface area contributed by atoms with Crippen molar-refractivity contribution in [3.05, 3.63) is 24.3 Å². The van der Waals surface area contributed by atoms with Gasteiger partial charge in [-0.15, -0.1) is 0 Å². The molecule has 21 heavy (non-hydrogen) atoms. The molecule has 6 heteroatoms. The molecule has 2 amide bonds. The number of hydrogen-bond acceptors (Lipinski definition) is 3. The van der Waals surface area contributed by atoms with Gasteiger partial charge in [-0.3, -0.25) is 4.90 Å². The Bertz CT molecular complexity index is 569. The molecule has 0 aromatic heterocycles. The van der Waals surface area contributed by atoms with Crippen LogP contribution in [0.3, 0.4) is 0 Å². The van der Waals surface area contributed by atoms with Gasteiger partial charge < -0.3 is 15.2 Å². The molecule has 1 heterocycles. The maximum Gasteiger partial charge on any atom is 0.346 e. The van der Waals surface area contributed by atoms with Crippen molar-refractivity contribution in [2.24, 2.45) is 5.92 Å². The van der Waals surface area contributed by atoms with Gasteiger partial charge in [-0.2, -0.15) is 0 Å². The molecule has 1 fully saturated rings. The molecular weight excluding hydrogens is 272 g/mol. The largest absolute Gasteiger partial charge is 0.478 e. The smallest absolute Gasteiger partial charge is 0.346 e. The van der Waals surface area contributed by atoms with Gasteiger partial charge in [0, 0.05) is 6.04 Å². The lowest BCUT2D eigenvalue weighted by Crippen LogP contribution is -2.54. The molecule has 0 spiro atoms. The molecule has 1 saturated carbocycles. The third kappa shape index (κ3) is 2.66. The Balaban J connectivity index is 1.79. The first kappa shape index (κ1) is 13.7. The summed E-state index contributed by atoms with van der Waals surface area (Å²) in [6.45, 7) is 2.16. The quantitative estimate of drug-likeness (QED) is 0.871. The van der Waals surface area contributed by atoms with E-state index >= 15 is 0 Å². The molecule has 1 atom stereocenters. The van der Waals surface area contributed by atoms with E-state index < -0.39 is 12.1 Å². The number of carboxylic acid groups (broad SMARTS) is 1. The summed E-state index contributed by atoms with van der Waals surface area (Å²) in [6.07, 6.45) is 0.908. The highest BCUT2D eigenvalue weighted by Gasteiger charge is 2.35. The van der Waals surface area contributed by atoms with Gasteiger partial charge in [0.25, 0.3) is 0 Å². The second-order valence-electron chi connectivity index (χ2n) is 5.75. The number of urea groups is 1. The van der Waals surface area contributed by atoms with Crippen LogP contribution in [0.4, 0.5) is 10.5 Å². The summed E-state index contributed by atoms with van der Waals surface area (Å²) in [4.78, 5) is 25.0. The minimum Gasteiger partial charge on any atom is -0.478 e. The number of para-hydroxylation sites is 2. The van der Waals surface area contributed by atoms with E-state index in [0.717, 1.165) is 12.8 Å². The molecule has 0 bridgehead atoms. The first-order chi connectivity index (χ1) is 10.0. The van der Waals surface area contributed by atoms with Crippen LogP contribution >= 0.6 is 0 Å². The van der Waals surface area contributed by atoms with E-state index in [1.54, 1.807) is 24.3 Å². The molecule has 1 aliphatic carbocycles. The molecule has 1 unspecified atom stereocenters. The Hall–Kier alpha value is -2.24. The zero-order valence-corrected chi connectivity index (χ0v) is 11.8. The number of ether oxygens (including phenoxy) is 1. The Kier molecular flexibility index (Phi) is 3.45. The highest BCUT2D eigenvalue weighted by atomic mass is 16.5. The second kappa shape index (κ2) is 5.27. The highest BCUT2D eigenvalue weighted by Crippen LogP contribution is 2.34. The van der Waals surface area contributed by atoms with Gasteiger partial charge in [0.05, 0.1) is 12.2 Å². The van der Waals surface area contributed by atoms with Gasteiger partial charge in [0.1, 0.15) is 5.75 Å². The van der Waals surface area contributed by atoms with Crippen LogP contribution in [0.1, 0.15) is 19.8 Å². The van der Waals surface area contributed by atoms with Crippen molar-refractivity contribution in [3.8, 4) is 5.75 Å². The third-order valence-electron chi connectivity index (χ3n) is 4.00. The fraction of sp³-hybridized carbons (Fsp3) is 0.467. The first-order valence-corrected chi connectivity index (χ1v) is 7.11. The molecule has 6 nitrogen and oxygen atoms in total. The minimum atomic E-state index is -1.07. The number of carboxylic acids is 1. The lowest BCUT2D eigenvalue weighted by atomic mass is 9.82. The van der Waals surface area contributed by atoms with Gasteiger partial charge >= 0.3 is 12.0 Å². The maximum absolute atomic E-state index is 12.4. The van der Waals surface area contributed by atoms with Crippen LogP contribution in [0.2, 0.25) is 0 Å². The molecule has 0 saturated heterocycles. The fourth-order valence-corrected chi connectivity index (χ4v) is 2.83. The number of anilines is 1. The zero-order chi connectivity index (χ0) is 15.0. The Labute approximate surface area is 122 Å². The Morgan fingerprint density at radius 1 is 1.33 bits per heavy atom. The summed E-state index contributed by atoms with van der Waals surface area (Å²) in [5.41, 5.74) is 0.611. The van der Waals surface area contributed by atoms with Crippen LogP contribution in [0.25, 0.3) is 0 Å². The average molecular weight is 290 g/mol. The van der Waals surface area contributed by atoms with E-state index in [1.807, 2.05) is 0 Å². The van der Waals surface area contributed by atoms with Crippen molar-refractivity contribution in [1.29, 1.82) is 0 Å². The van der Waals surface area contributed by atoms with Crippen molar-refractivity contribution in [3.63, 3.8) is 0 Å². The third-order valence-corrected chi connectivity index (χ3v) is 4.00. The molecule has 2 aliphatic rings. The van der Waals surface area contributed by atoms with E-state index in [1.165, 1.54) is 4.90 Å². The monoisotopic (exact) mass is 290 g/mol. The maximum atomic E-state index is 12.4. The number of fused-ring (bicyclic) bond motifs is 1. The van der Waals surface area contributed by atoms with Crippen molar-refractivity contribution >= 4 is 17.7 Å². The summed E-state index contributed by atoms with van der Waals surface area (Å²) in [6, 6.07) is 6.92. The van der Waals surface area contributed by atoms with Crippen molar-refractivity contribution in [2.75, 3.05) is 11.4 Å². The minimum absolute atomic E-state index is 0.0143. The summed E-state index contributed by atoms with van der Waals surface area (Å²) >= 11 is 0. The van der Waals surface area contributed by atoms with Gasteiger partial charge in [0.15, 0.2) is 0 Å². The summed E-state index contributed by atoms with van der Waals surface area (Å²) < 4.78 is 5.41. The highest BCUT2D eigenvalue weighted by molar-refractivity contribution is 5.95. The van der Waals surface area contributed by atoms with Crippen LogP contribution < -0.4 is 15.0 Å². The van der Waals surface area contributed by atoms with Crippen molar-refractivity contribution in [1.82, 2.24) is 5.32 Å². The Morgan fingerprint density at radius 2 is 2.05 bits per heavy atom. The van der Waals surface area contributed by atoms with E-state index in [9.17, 15) is 9.59 Å². The van der Waals surface area contributed by atoms with Crippen LogP contribution in [0, 0.1) is 5.92 Å². The number of hydrogen-bond donors (Lipinski definition) is 2. The van der Waals surface area contributed by atoms with Crippen molar-refractivity contribution < 1.29 is 19.4 Å². The molecule has 3 rings (SSSR count). The van der Waals surface area contributed by atoms with Crippen LogP contribution in [0.5, 0.6) is 5.75 Å². The molecule has 112 valence electrons. The predicted octanol–water partition coefficient (Wildman–Crippen LogP) is 1.85. The summed E-state index contributed by atoms with van der Waals surface area (Å²) in [7, 11) is 0. The first-order valence-electron chi connectivity index (χ1n) is 7.11. The lowest BCUT2D eigenvalue weighted by molar-refractivity contribution is -0.144. The zero-order valence-electron chi connectivity index (χ0n) is 11.8. The summed E-state index contributed by atoms with van der Waals surface area (Å²) in [5, 5.41) is 12.1. The lowest BCUT2D eigenvalue weighted by Gasteiger charge is -2.37. The molecular formula is C15H18N2O4. The van der Waals surface area contributed by atoms with Gasteiger partial charge in [0.2, 0.25) is 6.10 Å². The molecule has 2 N–H and O–H groups in total. The normalized spacial score (nSPS) is 27.1. The van der Waals surface area contributed by atoms with Crippen molar-refractivity contribution in [2.45, 2.75) is 31.9 Å². The van der Waals surface area contributed by atoms with Gasteiger partial charge in [-0.05, 0) is 30.9 Å². The summed E-state index contributed by atoms with van der Waals surface area (Å²) in [5.74, 6) is -0.00751. The van der Waals surface area contributed by atoms with Crippen LogP contribution in [0.15, 0.2) is 24.3 Å². The van der Waals surface area contributed by atoms with E-state index in [2.05, 4.69) is 12.2 Å². The van der Waals surface area contributed by atoms with Crippen LogP contribution in [-0.2, 0) is 4.79 Å². The second-order valence-corrected chi connectivity index (χ2v) is 5.75.